The molecule has 0 aliphatic heterocycles. The number of fused-ring (bicyclic) bond motifs is 3. The topological polar surface area (TPSA) is 68.5 Å². The average Bonchev–Trinajstić information content (AvgIpc) is 3.34. The highest BCUT2D eigenvalue weighted by atomic mass is 15.3. The van der Waals surface area contributed by atoms with Gasteiger partial charge in [0.05, 0.1) is 11.4 Å². The van der Waals surface area contributed by atoms with Gasteiger partial charge in [0.15, 0.2) is 5.65 Å². The Bertz CT molecular complexity index is 992. The fourth-order valence-electron chi connectivity index (χ4n) is 5.10. The van der Waals surface area contributed by atoms with Crippen LogP contribution in [0.3, 0.4) is 0 Å². The van der Waals surface area contributed by atoms with Gasteiger partial charge in [-0.1, -0.05) is 20.3 Å². The number of rotatable bonds is 4. The number of hydrogen-bond donors (Lipinski definition) is 1. The molecule has 3 heterocycles. The molecule has 1 N–H and O–H groups in total. The number of anilines is 1. The molecule has 3 aromatic heterocycles. The highest BCUT2D eigenvalue weighted by molar-refractivity contribution is 5.83. The largest absolute Gasteiger partial charge is 0.351 e. The standard InChI is InChI=1S/C21H26N6/c1-12(2)19-16-10-15(11-23-20(16)26-27(19)3)17-6-7-22-21(24-17)25-18-9-13-4-5-14(18)8-13/h6-7,10-14,18H,4-5,8-9H2,1-3H3,(H,22,24,25)/t13-,14+,18+/m1/s1. The quantitative estimate of drug-likeness (QED) is 0.755. The lowest BCUT2D eigenvalue weighted by molar-refractivity contribution is 0.438. The number of aromatic nitrogens is 5. The summed E-state index contributed by atoms with van der Waals surface area (Å²) in [5.74, 6) is 2.82. The van der Waals surface area contributed by atoms with E-state index in [0.29, 0.717) is 12.0 Å². The molecule has 3 aromatic rings. The summed E-state index contributed by atoms with van der Waals surface area (Å²) in [4.78, 5) is 13.8. The Morgan fingerprint density at radius 1 is 1.19 bits per heavy atom. The van der Waals surface area contributed by atoms with Crippen molar-refractivity contribution in [1.82, 2.24) is 24.7 Å². The average molecular weight is 362 g/mol. The van der Waals surface area contributed by atoms with Crippen molar-refractivity contribution >= 4 is 17.0 Å². The van der Waals surface area contributed by atoms with Crippen molar-refractivity contribution < 1.29 is 0 Å². The first kappa shape index (κ1) is 16.7. The molecule has 27 heavy (non-hydrogen) atoms. The van der Waals surface area contributed by atoms with Crippen molar-refractivity contribution in [3.63, 3.8) is 0 Å². The van der Waals surface area contributed by atoms with E-state index < -0.39 is 0 Å². The van der Waals surface area contributed by atoms with Gasteiger partial charge in [-0.05, 0) is 49.1 Å². The highest BCUT2D eigenvalue weighted by Crippen LogP contribution is 2.45. The second-order valence-electron chi connectivity index (χ2n) is 8.45. The molecule has 0 spiro atoms. The van der Waals surface area contributed by atoms with Gasteiger partial charge in [-0.25, -0.2) is 15.0 Å². The molecule has 3 atom stereocenters. The Morgan fingerprint density at radius 3 is 2.81 bits per heavy atom. The number of pyridine rings is 1. The number of aryl methyl sites for hydroxylation is 1. The van der Waals surface area contributed by atoms with Crippen molar-refractivity contribution in [2.45, 2.75) is 51.5 Å². The van der Waals surface area contributed by atoms with E-state index in [0.717, 1.165) is 40.1 Å². The Kier molecular flexibility index (Phi) is 3.88. The van der Waals surface area contributed by atoms with Gasteiger partial charge in [0, 0.05) is 36.4 Å². The summed E-state index contributed by atoms with van der Waals surface area (Å²) in [7, 11) is 1.98. The maximum atomic E-state index is 4.79. The van der Waals surface area contributed by atoms with Crippen molar-refractivity contribution in [2.24, 2.45) is 18.9 Å². The minimum absolute atomic E-state index is 0.387. The third-order valence-corrected chi connectivity index (χ3v) is 6.29. The van der Waals surface area contributed by atoms with E-state index in [4.69, 9.17) is 4.98 Å². The van der Waals surface area contributed by atoms with Crippen LogP contribution in [0, 0.1) is 11.8 Å². The van der Waals surface area contributed by atoms with E-state index in [2.05, 4.69) is 40.3 Å². The summed E-state index contributed by atoms with van der Waals surface area (Å²) < 4.78 is 1.94. The van der Waals surface area contributed by atoms with E-state index >= 15 is 0 Å². The molecule has 0 saturated heterocycles. The molecule has 0 aromatic carbocycles. The predicted molar refractivity (Wildman–Crippen MR) is 106 cm³/mol. The third kappa shape index (κ3) is 2.87. The van der Waals surface area contributed by atoms with Crippen molar-refractivity contribution in [3.8, 4) is 11.3 Å². The fourth-order valence-corrected chi connectivity index (χ4v) is 5.10. The van der Waals surface area contributed by atoms with Gasteiger partial charge in [-0.3, -0.25) is 4.68 Å². The SMILES string of the molecule is CC(C)c1c2cc(-c3ccnc(N[C@H]4C[C@@H]5CC[C@H]4C5)n3)cnc2nn1C. The van der Waals surface area contributed by atoms with Crippen LogP contribution in [-0.4, -0.2) is 30.8 Å². The number of nitrogens with zero attached hydrogens (tertiary/aromatic N) is 5. The first-order chi connectivity index (χ1) is 13.1. The van der Waals surface area contributed by atoms with Crippen LogP contribution in [0.2, 0.25) is 0 Å². The summed E-state index contributed by atoms with van der Waals surface area (Å²) in [5, 5.41) is 9.23. The molecule has 2 fully saturated rings. The molecular formula is C21H26N6. The molecule has 2 aliphatic carbocycles. The van der Waals surface area contributed by atoms with Gasteiger partial charge in [0.2, 0.25) is 5.95 Å². The number of nitrogens with one attached hydrogen (secondary N) is 1. The lowest BCUT2D eigenvalue weighted by Gasteiger charge is -2.22. The molecule has 0 radical (unpaired) electrons. The summed E-state index contributed by atoms with van der Waals surface area (Å²) in [6.07, 6.45) is 9.09. The van der Waals surface area contributed by atoms with E-state index in [1.165, 1.54) is 31.4 Å². The third-order valence-electron chi connectivity index (χ3n) is 6.29. The molecule has 5 rings (SSSR count). The molecule has 140 valence electrons. The van der Waals surface area contributed by atoms with E-state index in [-0.39, 0.29) is 0 Å². The van der Waals surface area contributed by atoms with Crippen LogP contribution >= 0.6 is 0 Å². The van der Waals surface area contributed by atoms with Crippen LogP contribution in [0.15, 0.2) is 24.5 Å². The zero-order valence-corrected chi connectivity index (χ0v) is 16.2. The van der Waals surface area contributed by atoms with E-state index in [1.807, 2.05) is 30.2 Å². The normalized spacial score (nSPS) is 24.2. The van der Waals surface area contributed by atoms with Gasteiger partial charge in [0.1, 0.15) is 0 Å². The lowest BCUT2D eigenvalue weighted by atomic mass is 9.95. The zero-order valence-electron chi connectivity index (χ0n) is 16.2. The first-order valence-electron chi connectivity index (χ1n) is 10.0. The Labute approximate surface area is 159 Å². The molecule has 6 nitrogen and oxygen atoms in total. The van der Waals surface area contributed by atoms with Gasteiger partial charge < -0.3 is 5.32 Å². The van der Waals surface area contributed by atoms with E-state index in [1.54, 1.807) is 0 Å². The molecule has 2 bridgehead atoms. The molecular weight excluding hydrogens is 336 g/mol. The first-order valence-corrected chi connectivity index (χ1v) is 10.0. The summed E-state index contributed by atoms with van der Waals surface area (Å²) in [6, 6.07) is 4.65. The van der Waals surface area contributed by atoms with Crippen molar-refractivity contribution in [3.05, 3.63) is 30.2 Å². The van der Waals surface area contributed by atoms with Crippen LogP contribution in [0.1, 0.15) is 51.1 Å². The molecule has 2 saturated carbocycles. The maximum Gasteiger partial charge on any atom is 0.223 e. The highest BCUT2D eigenvalue weighted by Gasteiger charge is 2.39. The summed E-state index contributed by atoms with van der Waals surface area (Å²) in [5.41, 5.74) is 3.91. The summed E-state index contributed by atoms with van der Waals surface area (Å²) in [6.45, 7) is 4.37. The Balaban J connectivity index is 1.46. The monoisotopic (exact) mass is 362 g/mol. The van der Waals surface area contributed by atoms with Crippen LogP contribution < -0.4 is 5.32 Å². The van der Waals surface area contributed by atoms with Crippen LogP contribution in [0.5, 0.6) is 0 Å². The van der Waals surface area contributed by atoms with Crippen LogP contribution in [-0.2, 0) is 7.05 Å². The smallest absolute Gasteiger partial charge is 0.223 e. The predicted octanol–water partition coefficient (Wildman–Crippen LogP) is 4.15. The van der Waals surface area contributed by atoms with Gasteiger partial charge in [-0.2, -0.15) is 5.10 Å². The van der Waals surface area contributed by atoms with Gasteiger partial charge in [0.25, 0.3) is 0 Å². The van der Waals surface area contributed by atoms with Crippen molar-refractivity contribution in [1.29, 1.82) is 0 Å². The summed E-state index contributed by atoms with van der Waals surface area (Å²) >= 11 is 0. The van der Waals surface area contributed by atoms with Crippen molar-refractivity contribution in [2.75, 3.05) is 5.32 Å². The number of hydrogen-bond acceptors (Lipinski definition) is 5. The second-order valence-corrected chi connectivity index (χ2v) is 8.45. The fraction of sp³-hybridized carbons (Fsp3) is 0.524. The van der Waals surface area contributed by atoms with Crippen LogP contribution in [0.25, 0.3) is 22.3 Å². The minimum Gasteiger partial charge on any atom is -0.351 e. The van der Waals surface area contributed by atoms with E-state index in [9.17, 15) is 0 Å². The molecule has 0 amide bonds. The Morgan fingerprint density at radius 2 is 2.07 bits per heavy atom. The Hall–Kier alpha value is -2.50. The van der Waals surface area contributed by atoms with Crippen LogP contribution in [0.4, 0.5) is 5.95 Å². The molecule has 2 aliphatic rings. The molecule has 0 unspecified atom stereocenters. The zero-order chi connectivity index (χ0) is 18.5. The van der Waals surface area contributed by atoms with Gasteiger partial charge in [-0.15, -0.1) is 0 Å². The minimum atomic E-state index is 0.387. The molecule has 6 heteroatoms. The maximum absolute atomic E-state index is 4.79. The van der Waals surface area contributed by atoms with Gasteiger partial charge >= 0.3 is 0 Å². The second kappa shape index (κ2) is 6.29. The lowest BCUT2D eigenvalue weighted by Crippen LogP contribution is -2.26.